The third-order valence-electron chi connectivity index (χ3n) is 5.12. The van der Waals surface area contributed by atoms with Gasteiger partial charge in [-0.2, -0.15) is 0 Å². The highest BCUT2D eigenvalue weighted by Gasteiger charge is 2.31. The van der Waals surface area contributed by atoms with Gasteiger partial charge in [0.2, 0.25) is 0 Å². The SMILES string of the molecule is C=C(C(N)C1CCN(C(=O)NCC)CC1)N(C)C1CCC1. The smallest absolute Gasteiger partial charge is 0.317 e. The maximum atomic E-state index is 11.8. The number of nitrogens with zero attached hydrogens (tertiary/aromatic N) is 2. The zero-order valence-corrected chi connectivity index (χ0v) is 13.5. The van der Waals surface area contributed by atoms with Gasteiger partial charge in [0.05, 0.1) is 0 Å². The Morgan fingerprint density at radius 2 is 2.00 bits per heavy atom. The summed E-state index contributed by atoms with van der Waals surface area (Å²) < 4.78 is 0. The molecule has 0 aromatic carbocycles. The van der Waals surface area contributed by atoms with Gasteiger partial charge in [-0.15, -0.1) is 0 Å². The number of urea groups is 1. The molecule has 0 bridgehead atoms. The van der Waals surface area contributed by atoms with E-state index in [4.69, 9.17) is 5.73 Å². The maximum Gasteiger partial charge on any atom is 0.317 e. The van der Waals surface area contributed by atoms with Crippen molar-refractivity contribution in [3.8, 4) is 0 Å². The number of amides is 2. The standard InChI is InChI=1S/C16H30N4O/c1-4-18-16(21)20-10-8-13(9-11-20)15(17)12(2)19(3)14-6-5-7-14/h13-15H,2,4-11,17H2,1,3H3,(H,18,21). The van der Waals surface area contributed by atoms with Gasteiger partial charge in [0.1, 0.15) is 0 Å². The number of hydrogen-bond donors (Lipinski definition) is 2. The average molecular weight is 294 g/mol. The van der Waals surface area contributed by atoms with E-state index < -0.39 is 0 Å². The van der Waals surface area contributed by atoms with E-state index in [1.807, 2.05) is 11.8 Å². The van der Waals surface area contributed by atoms with Crippen LogP contribution < -0.4 is 11.1 Å². The van der Waals surface area contributed by atoms with E-state index in [2.05, 4.69) is 23.8 Å². The van der Waals surface area contributed by atoms with Gasteiger partial charge in [0.15, 0.2) is 0 Å². The molecular formula is C16H30N4O. The first-order valence-electron chi connectivity index (χ1n) is 8.24. The largest absolute Gasteiger partial charge is 0.374 e. The third kappa shape index (κ3) is 3.70. The molecule has 0 radical (unpaired) electrons. The fourth-order valence-corrected chi connectivity index (χ4v) is 3.24. The lowest BCUT2D eigenvalue weighted by Crippen LogP contribution is -2.49. The summed E-state index contributed by atoms with van der Waals surface area (Å²) in [6.45, 7) is 8.44. The van der Waals surface area contributed by atoms with Crippen molar-refractivity contribution >= 4 is 6.03 Å². The number of piperidine rings is 1. The summed E-state index contributed by atoms with van der Waals surface area (Å²) in [6.07, 6.45) is 5.78. The summed E-state index contributed by atoms with van der Waals surface area (Å²) in [5, 5.41) is 2.86. The fraction of sp³-hybridized carbons (Fsp3) is 0.812. The zero-order chi connectivity index (χ0) is 15.4. The Kier molecular flexibility index (Phi) is 5.51. The van der Waals surface area contributed by atoms with Gasteiger partial charge in [0, 0.05) is 44.5 Å². The lowest BCUT2D eigenvalue weighted by atomic mass is 9.86. The highest BCUT2D eigenvalue weighted by atomic mass is 16.2. The number of nitrogens with two attached hydrogens (primary N) is 1. The molecule has 2 amide bonds. The first kappa shape index (κ1) is 16.1. The molecule has 1 atom stereocenters. The summed E-state index contributed by atoms with van der Waals surface area (Å²) in [7, 11) is 2.12. The predicted octanol–water partition coefficient (Wildman–Crippen LogP) is 1.75. The number of carbonyl (C=O) groups is 1. The molecule has 3 N–H and O–H groups in total. The van der Waals surface area contributed by atoms with E-state index in [0.717, 1.165) is 31.6 Å². The lowest BCUT2D eigenvalue weighted by molar-refractivity contribution is 0.150. The van der Waals surface area contributed by atoms with Crippen LogP contribution in [-0.4, -0.2) is 54.6 Å². The van der Waals surface area contributed by atoms with Crippen molar-refractivity contribution in [2.24, 2.45) is 11.7 Å². The van der Waals surface area contributed by atoms with E-state index >= 15 is 0 Å². The van der Waals surface area contributed by atoms with E-state index in [1.54, 1.807) is 0 Å². The Morgan fingerprint density at radius 3 is 2.48 bits per heavy atom. The number of rotatable bonds is 5. The minimum atomic E-state index is 0.0204. The molecule has 5 heteroatoms. The molecule has 21 heavy (non-hydrogen) atoms. The number of nitrogens with one attached hydrogen (secondary N) is 1. The second-order valence-electron chi connectivity index (χ2n) is 6.37. The molecule has 5 nitrogen and oxygen atoms in total. The fourth-order valence-electron chi connectivity index (χ4n) is 3.24. The van der Waals surface area contributed by atoms with Gasteiger partial charge in [-0.3, -0.25) is 0 Å². The second-order valence-corrected chi connectivity index (χ2v) is 6.37. The van der Waals surface area contributed by atoms with Gasteiger partial charge < -0.3 is 20.9 Å². The number of hydrogen-bond acceptors (Lipinski definition) is 3. The van der Waals surface area contributed by atoms with Gasteiger partial charge in [-0.1, -0.05) is 6.58 Å². The molecule has 2 fully saturated rings. The van der Waals surface area contributed by atoms with Crippen LogP contribution >= 0.6 is 0 Å². The van der Waals surface area contributed by atoms with Crippen molar-refractivity contribution in [2.75, 3.05) is 26.7 Å². The Hall–Kier alpha value is -1.23. The predicted molar refractivity (Wildman–Crippen MR) is 85.9 cm³/mol. The van der Waals surface area contributed by atoms with Crippen LogP contribution in [0.15, 0.2) is 12.3 Å². The van der Waals surface area contributed by atoms with Crippen molar-refractivity contribution in [3.05, 3.63) is 12.3 Å². The third-order valence-corrected chi connectivity index (χ3v) is 5.12. The van der Waals surface area contributed by atoms with Gasteiger partial charge in [-0.05, 0) is 44.9 Å². The topological polar surface area (TPSA) is 61.6 Å². The quantitative estimate of drug-likeness (QED) is 0.812. The molecule has 2 aliphatic rings. The van der Waals surface area contributed by atoms with Crippen LogP contribution in [-0.2, 0) is 0 Å². The monoisotopic (exact) mass is 294 g/mol. The minimum Gasteiger partial charge on any atom is -0.374 e. The van der Waals surface area contributed by atoms with Gasteiger partial charge >= 0.3 is 6.03 Å². The van der Waals surface area contributed by atoms with Crippen molar-refractivity contribution in [2.45, 2.75) is 51.1 Å². The highest BCUT2D eigenvalue weighted by molar-refractivity contribution is 5.74. The van der Waals surface area contributed by atoms with Crippen LogP contribution in [0.1, 0.15) is 39.0 Å². The molecule has 0 aromatic rings. The van der Waals surface area contributed by atoms with E-state index in [0.29, 0.717) is 18.5 Å². The maximum absolute atomic E-state index is 11.8. The van der Waals surface area contributed by atoms with Crippen molar-refractivity contribution < 1.29 is 4.79 Å². The number of likely N-dealkylation sites (N-methyl/N-ethyl adjacent to an activating group) is 1. The normalized spacial score (nSPS) is 21.6. The van der Waals surface area contributed by atoms with Crippen molar-refractivity contribution in [1.82, 2.24) is 15.1 Å². The molecule has 1 saturated carbocycles. The van der Waals surface area contributed by atoms with Crippen LogP contribution in [0.5, 0.6) is 0 Å². The lowest BCUT2D eigenvalue weighted by Gasteiger charge is -2.42. The van der Waals surface area contributed by atoms with E-state index in [1.165, 1.54) is 19.3 Å². The Balaban J connectivity index is 1.80. The van der Waals surface area contributed by atoms with Gasteiger partial charge in [-0.25, -0.2) is 4.79 Å². The summed E-state index contributed by atoms with van der Waals surface area (Å²) in [4.78, 5) is 16.0. The second kappa shape index (κ2) is 7.16. The molecule has 1 aliphatic heterocycles. The zero-order valence-electron chi connectivity index (χ0n) is 13.5. The summed E-state index contributed by atoms with van der Waals surface area (Å²) in [5.74, 6) is 0.436. The van der Waals surface area contributed by atoms with Gasteiger partial charge in [0.25, 0.3) is 0 Å². The molecule has 1 heterocycles. The Morgan fingerprint density at radius 1 is 1.38 bits per heavy atom. The molecule has 1 aliphatic carbocycles. The number of likely N-dealkylation sites (tertiary alicyclic amines) is 1. The minimum absolute atomic E-state index is 0.0204. The molecule has 0 spiro atoms. The summed E-state index contributed by atoms with van der Waals surface area (Å²) >= 11 is 0. The molecular weight excluding hydrogens is 264 g/mol. The van der Waals surface area contributed by atoms with Crippen LogP contribution in [0.4, 0.5) is 4.79 Å². The van der Waals surface area contributed by atoms with E-state index in [-0.39, 0.29) is 12.1 Å². The van der Waals surface area contributed by atoms with Crippen LogP contribution in [0.2, 0.25) is 0 Å². The van der Waals surface area contributed by atoms with Crippen LogP contribution in [0.25, 0.3) is 0 Å². The molecule has 1 saturated heterocycles. The van der Waals surface area contributed by atoms with Crippen LogP contribution in [0, 0.1) is 5.92 Å². The Labute approximate surface area is 128 Å². The molecule has 2 rings (SSSR count). The van der Waals surface area contributed by atoms with Crippen molar-refractivity contribution in [3.63, 3.8) is 0 Å². The van der Waals surface area contributed by atoms with E-state index in [9.17, 15) is 4.79 Å². The summed E-state index contributed by atoms with van der Waals surface area (Å²) in [6, 6.07) is 0.709. The first-order chi connectivity index (χ1) is 10.0. The molecule has 1 unspecified atom stereocenters. The first-order valence-corrected chi connectivity index (χ1v) is 8.24. The van der Waals surface area contributed by atoms with Crippen molar-refractivity contribution in [1.29, 1.82) is 0 Å². The average Bonchev–Trinajstić information content (AvgIpc) is 2.44. The molecule has 120 valence electrons. The highest BCUT2D eigenvalue weighted by Crippen LogP contribution is 2.30. The summed E-state index contributed by atoms with van der Waals surface area (Å²) in [5.41, 5.74) is 7.50. The molecule has 0 aromatic heterocycles. The Bertz CT molecular complexity index is 372. The number of carbonyl (C=O) groups excluding carboxylic acids is 1. The van der Waals surface area contributed by atoms with Crippen LogP contribution in [0.3, 0.4) is 0 Å².